The normalized spacial score (nSPS) is 15.0. The number of rotatable bonds is 6. The standard InChI is InChI=1S/C18H26N2O4/c1-4-7-19-17(21)13-5-8-20(9-6-13)18(22)14-10-15(23-2)12-16(11-14)24-3/h10-13H,4-9H2,1-3H3,(H,19,21). The molecule has 1 aliphatic rings. The number of carbonyl (C=O) groups excluding carboxylic acids is 2. The molecule has 0 radical (unpaired) electrons. The first-order valence-electron chi connectivity index (χ1n) is 8.39. The molecule has 0 spiro atoms. The van der Waals surface area contributed by atoms with Crippen molar-refractivity contribution in [3.05, 3.63) is 23.8 Å². The van der Waals surface area contributed by atoms with Crippen molar-refractivity contribution in [1.82, 2.24) is 10.2 Å². The van der Waals surface area contributed by atoms with Crippen molar-refractivity contribution in [2.24, 2.45) is 5.92 Å². The molecular formula is C18H26N2O4. The highest BCUT2D eigenvalue weighted by molar-refractivity contribution is 5.95. The van der Waals surface area contributed by atoms with Gasteiger partial charge in [-0.2, -0.15) is 0 Å². The van der Waals surface area contributed by atoms with Crippen molar-refractivity contribution in [1.29, 1.82) is 0 Å². The summed E-state index contributed by atoms with van der Waals surface area (Å²) in [6, 6.07) is 5.16. The molecule has 24 heavy (non-hydrogen) atoms. The van der Waals surface area contributed by atoms with Gasteiger partial charge in [0.15, 0.2) is 0 Å². The molecule has 0 aliphatic carbocycles. The molecule has 1 saturated heterocycles. The van der Waals surface area contributed by atoms with Crippen molar-refractivity contribution in [2.75, 3.05) is 33.9 Å². The zero-order valence-electron chi connectivity index (χ0n) is 14.6. The topological polar surface area (TPSA) is 67.9 Å². The number of amides is 2. The van der Waals surface area contributed by atoms with Gasteiger partial charge < -0.3 is 19.7 Å². The molecule has 1 aromatic rings. The maximum atomic E-state index is 12.7. The zero-order valence-corrected chi connectivity index (χ0v) is 14.6. The lowest BCUT2D eigenvalue weighted by molar-refractivity contribution is -0.126. The molecule has 6 heteroatoms. The number of piperidine rings is 1. The molecule has 0 unspecified atom stereocenters. The van der Waals surface area contributed by atoms with Gasteiger partial charge in [-0.1, -0.05) is 6.92 Å². The smallest absolute Gasteiger partial charge is 0.254 e. The lowest BCUT2D eigenvalue weighted by Gasteiger charge is -2.31. The van der Waals surface area contributed by atoms with Crippen LogP contribution in [0.25, 0.3) is 0 Å². The zero-order chi connectivity index (χ0) is 17.5. The molecule has 1 fully saturated rings. The lowest BCUT2D eigenvalue weighted by atomic mass is 9.95. The van der Waals surface area contributed by atoms with Crippen LogP contribution in [0.5, 0.6) is 11.5 Å². The average Bonchev–Trinajstić information content (AvgIpc) is 2.65. The van der Waals surface area contributed by atoms with Crippen LogP contribution in [0, 0.1) is 5.92 Å². The lowest BCUT2D eigenvalue weighted by Crippen LogP contribution is -2.43. The number of likely N-dealkylation sites (tertiary alicyclic amines) is 1. The maximum Gasteiger partial charge on any atom is 0.254 e. The molecule has 132 valence electrons. The summed E-state index contributed by atoms with van der Waals surface area (Å²) < 4.78 is 10.4. The SMILES string of the molecule is CCCNC(=O)C1CCN(C(=O)c2cc(OC)cc(OC)c2)CC1. The molecule has 2 amide bonds. The molecule has 0 saturated carbocycles. The van der Waals surface area contributed by atoms with Gasteiger partial charge in [-0.05, 0) is 31.4 Å². The van der Waals surface area contributed by atoms with E-state index in [0.29, 0.717) is 49.5 Å². The predicted octanol–water partition coefficient (Wildman–Crippen LogP) is 2.08. The van der Waals surface area contributed by atoms with Crippen LogP contribution in [0.4, 0.5) is 0 Å². The van der Waals surface area contributed by atoms with Gasteiger partial charge in [-0.3, -0.25) is 9.59 Å². The molecule has 1 heterocycles. The van der Waals surface area contributed by atoms with Crippen molar-refractivity contribution in [3.8, 4) is 11.5 Å². The van der Waals surface area contributed by atoms with E-state index in [1.165, 1.54) is 0 Å². The number of carbonyl (C=O) groups is 2. The van der Waals surface area contributed by atoms with E-state index < -0.39 is 0 Å². The summed E-state index contributed by atoms with van der Waals surface area (Å²) >= 11 is 0. The Morgan fingerprint density at radius 3 is 2.21 bits per heavy atom. The van der Waals surface area contributed by atoms with Crippen LogP contribution in [0.3, 0.4) is 0 Å². The first kappa shape index (κ1) is 18.1. The van der Waals surface area contributed by atoms with Gasteiger partial charge in [0.25, 0.3) is 5.91 Å². The van der Waals surface area contributed by atoms with Gasteiger partial charge in [-0.15, -0.1) is 0 Å². The number of nitrogens with one attached hydrogen (secondary N) is 1. The Labute approximate surface area is 143 Å². The minimum Gasteiger partial charge on any atom is -0.497 e. The third-order valence-electron chi connectivity index (χ3n) is 4.30. The summed E-state index contributed by atoms with van der Waals surface area (Å²) in [5, 5.41) is 2.93. The Morgan fingerprint density at radius 2 is 1.71 bits per heavy atom. The van der Waals surface area contributed by atoms with E-state index in [0.717, 1.165) is 6.42 Å². The van der Waals surface area contributed by atoms with Crippen molar-refractivity contribution >= 4 is 11.8 Å². The van der Waals surface area contributed by atoms with Gasteiger partial charge >= 0.3 is 0 Å². The Morgan fingerprint density at radius 1 is 1.12 bits per heavy atom. The molecule has 0 bridgehead atoms. The number of ether oxygens (including phenoxy) is 2. The van der Waals surface area contributed by atoms with Crippen LogP contribution in [0.2, 0.25) is 0 Å². The van der Waals surface area contributed by atoms with E-state index in [1.54, 1.807) is 37.3 Å². The second-order valence-corrected chi connectivity index (χ2v) is 5.96. The molecule has 0 aromatic heterocycles. The fraction of sp³-hybridized carbons (Fsp3) is 0.556. The molecule has 2 rings (SSSR count). The summed E-state index contributed by atoms with van der Waals surface area (Å²) in [6.45, 7) is 3.91. The second kappa shape index (κ2) is 8.57. The highest BCUT2D eigenvalue weighted by Crippen LogP contribution is 2.25. The van der Waals surface area contributed by atoms with Crippen LogP contribution in [0.15, 0.2) is 18.2 Å². The third-order valence-corrected chi connectivity index (χ3v) is 4.30. The van der Waals surface area contributed by atoms with Crippen molar-refractivity contribution in [2.45, 2.75) is 26.2 Å². The molecule has 6 nitrogen and oxygen atoms in total. The monoisotopic (exact) mass is 334 g/mol. The Bertz CT molecular complexity index is 558. The van der Waals surface area contributed by atoms with Crippen molar-refractivity contribution in [3.63, 3.8) is 0 Å². The summed E-state index contributed by atoms with van der Waals surface area (Å²) in [4.78, 5) is 26.5. The number of hydrogen-bond donors (Lipinski definition) is 1. The van der Waals surface area contributed by atoms with E-state index in [2.05, 4.69) is 5.32 Å². The number of benzene rings is 1. The van der Waals surface area contributed by atoms with Gasteiger partial charge in [0.1, 0.15) is 11.5 Å². The summed E-state index contributed by atoms with van der Waals surface area (Å²) in [5.74, 6) is 1.23. The van der Waals surface area contributed by atoms with E-state index in [9.17, 15) is 9.59 Å². The highest BCUT2D eigenvalue weighted by atomic mass is 16.5. The maximum absolute atomic E-state index is 12.7. The molecule has 1 N–H and O–H groups in total. The summed E-state index contributed by atoms with van der Waals surface area (Å²) in [5.41, 5.74) is 0.542. The molecule has 1 aliphatic heterocycles. The van der Waals surface area contributed by atoms with Crippen molar-refractivity contribution < 1.29 is 19.1 Å². The van der Waals surface area contributed by atoms with E-state index in [1.807, 2.05) is 6.92 Å². The fourth-order valence-electron chi connectivity index (χ4n) is 2.85. The van der Waals surface area contributed by atoms with Gasteiger partial charge in [0, 0.05) is 37.2 Å². The third kappa shape index (κ3) is 4.40. The van der Waals surface area contributed by atoms with Crippen LogP contribution in [0.1, 0.15) is 36.5 Å². The van der Waals surface area contributed by atoms with Crippen LogP contribution < -0.4 is 14.8 Å². The Hall–Kier alpha value is -2.24. The summed E-state index contributed by atoms with van der Waals surface area (Å²) in [7, 11) is 3.12. The molecular weight excluding hydrogens is 308 g/mol. The fourth-order valence-corrected chi connectivity index (χ4v) is 2.85. The Balaban J connectivity index is 1.99. The first-order chi connectivity index (χ1) is 11.6. The number of nitrogens with zero attached hydrogens (tertiary/aromatic N) is 1. The average molecular weight is 334 g/mol. The van der Waals surface area contributed by atoms with Crippen LogP contribution in [-0.2, 0) is 4.79 Å². The van der Waals surface area contributed by atoms with Crippen LogP contribution in [-0.4, -0.2) is 50.6 Å². The summed E-state index contributed by atoms with van der Waals surface area (Å²) in [6.07, 6.45) is 2.32. The molecule has 1 aromatic carbocycles. The largest absolute Gasteiger partial charge is 0.497 e. The van der Waals surface area contributed by atoms with Crippen LogP contribution >= 0.6 is 0 Å². The molecule has 0 atom stereocenters. The van der Waals surface area contributed by atoms with Gasteiger partial charge in [0.05, 0.1) is 14.2 Å². The second-order valence-electron chi connectivity index (χ2n) is 5.96. The first-order valence-corrected chi connectivity index (χ1v) is 8.39. The Kier molecular flexibility index (Phi) is 6.46. The predicted molar refractivity (Wildman–Crippen MR) is 91.5 cm³/mol. The number of hydrogen-bond acceptors (Lipinski definition) is 4. The van der Waals surface area contributed by atoms with Gasteiger partial charge in [-0.25, -0.2) is 0 Å². The number of methoxy groups -OCH3 is 2. The van der Waals surface area contributed by atoms with Gasteiger partial charge in [0.2, 0.25) is 5.91 Å². The van der Waals surface area contributed by atoms with E-state index in [-0.39, 0.29) is 17.7 Å². The van der Waals surface area contributed by atoms with E-state index in [4.69, 9.17) is 9.47 Å². The van der Waals surface area contributed by atoms with E-state index >= 15 is 0 Å². The minimum absolute atomic E-state index is 0.000413. The highest BCUT2D eigenvalue weighted by Gasteiger charge is 2.28. The quantitative estimate of drug-likeness (QED) is 0.865. The minimum atomic E-state index is -0.0559.